The molecule has 1 N–H and O–H groups in total. The zero-order chi connectivity index (χ0) is 41.3. The van der Waals surface area contributed by atoms with Gasteiger partial charge in [-0.05, 0) is 13.8 Å². The Labute approximate surface area is 345 Å². The number of anilines is 1. The number of ketones is 2. The van der Waals surface area contributed by atoms with Crippen molar-refractivity contribution in [1.29, 1.82) is 0 Å². The third-order valence-corrected chi connectivity index (χ3v) is 14.2. The molecule has 6 aromatic rings. The Morgan fingerprint density at radius 2 is 1.28 bits per heavy atom. The second kappa shape index (κ2) is 19.4. The number of methoxy groups -OCH3 is 2. The van der Waals surface area contributed by atoms with Crippen LogP contribution in [-0.4, -0.2) is 98.1 Å². The second-order valence-corrected chi connectivity index (χ2v) is 17.7. The van der Waals surface area contributed by atoms with Gasteiger partial charge in [0.25, 0.3) is 0 Å². The van der Waals surface area contributed by atoms with Crippen molar-refractivity contribution in [3.8, 4) is 23.0 Å². The van der Waals surface area contributed by atoms with Crippen LogP contribution in [0.15, 0.2) is 69.9 Å². The second-order valence-electron chi connectivity index (χ2n) is 13.2. The number of rotatable bonds is 21. The van der Waals surface area contributed by atoms with E-state index < -0.39 is 17.6 Å². The SMILES string of the molecule is CCN(CC)c1ccc2c(COC(=O)CCC(=O)c3cc4cc(OCCCOc5cc6cc(C(=O)CCC(=O)O)[se]c6cc5OC)c(OC)cc4[se]3)cc(=O)oc2c1. The van der Waals surface area contributed by atoms with Crippen LogP contribution in [0.3, 0.4) is 0 Å². The molecule has 0 atom stereocenters. The number of nitrogens with zero attached hydrogens (tertiary/aromatic N) is 1. The van der Waals surface area contributed by atoms with Gasteiger partial charge < -0.3 is 4.90 Å². The van der Waals surface area contributed by atoms with Crippen LogP contribution >= 0.6 is 0 Å². The fourth-order valence-corrected chi connectivity index (χ4v) is 10.7. The fourth-order valence-electron chi connectivity index (χ4n) is 6.37. The molecule has 13 nitrogen and oxygen atoms in total. The van der Waals surface area contributed by atoms with E-state index in [1.165, 1.54) is 6.07 Å². The molecule has 0 bridgehead atoms. The van der Waals surface area contributed by atoms with E-state index in [9.17, 15) is 24.0 Å². The average Bonchev–Trinajstić information content (AvgIpc) is 3.84. The van der Waals surface area contributed by atoms with Crippen LogP contribution in [0.2, 0.25) is 0 Å². The number of benzene rings is 3. The first-order valence-corrected chi connectivity index (χ1v) is 22.2. The van der Waals surface area contributed by atoms with Gasteiger partial charge >= 0.3 is 316 Å². The van der Waals surface area contributed by atoms with Gasteiger partial charge in [-0.1, -0.05) is 0 Å². The molecule has 0 aliphatic rings. The van der Waals surface area contributed by atoms with Crippen LogP contribution < -0.4 is 29.5 Å². The zero-order valence-corrected chi connectivity index (χ0v) is 36.0. The Morgan fingerprint density at radius 1 is 0.707 bits per heavy atom. The maximum atomic E-state index is 13.2. The Hall–Kier alpha value is -5.33. The Morgan fingerprint density at radius 3 is 1.81 bits per heavy atom. The molecule has 6 rings (SSSR count). The standard InChI is InChI=1S/C43H43NO12Se2/c1-5-44(6-2)28-8-9-29-27(20-43(50)56-32(29)21-28)24-55-42(49)13-11-31(46)40-19-26-17-36(34(52-4)23-38(26)58-40)54-15-7-14-53-35-16-25-18-39(30(45)10-12-41(47)48)57-37(25)22-33(35)51-3/h8-9,16-23H,5-7,10-15,24H2,1-4H3,(H,47,48). The number of hydrogen-bond acceptors (Lipinski definition) is 12. The molecule has 0 aliphatic carbocycles. The van der Waals surface area contributed by atoms with Crippen LogP contribution in [0.4, 0.5) is 5.69 Å². The van der Waals surface area contributed by atoms with Crippen LogP contribution in [0.25, 0.3) is 30.3 Å². The summed E-state index contributed by atoms with van der Waals surface area (Å²) in [5.41, 5.74) is 1.35. The van der Waals surface area contributed by atoms with Crippen molar-refractivity contribution in [2.45, 2.75) is 52.6 Å². The summed E-state index contributed by atoms with van der Waals surface area (Å²) in [4.78, 5) is 63.8. The topological polar surface area (TPSA) is 168 Å². The summed E-state index contributed by atoms with van der Waals surface area (Å²) in [7, 11) is 3.11. The van der Waals surface area contributed by atoms with Crippen molar-refractivity contribution in [2.75, 3.05) is 45.4 Å². The Bertz CT molecular complexity index is 2530. The van der Waals surface area contributed by atoms with Gasteiger partial charge in [0.1, 0.15) is 0 Å². The summed E-state index contributed by atoms with van der Waals surface area (Å²) in [6.07, 6.45) is 0.195. The van der Waals surface area contributed by atoms with E-state index >= 15 is 0 Å². The molecule has 0 aliphatic heterocycles. The van der Waals surface area contributed by atoms with Gasteiger partial charge in [0, 0.05) is 13.1 Å². The molecule has 0 unspecified atom stereocenters. The normalized spacial score (nSPS) is 11.2. The van der Waals surface area contributed by atoms with Crippen LogP contribution in [0, 0.1) is 0 Å². The number of fused-ring (bicyclic) bond motifs is 3. The number of Topliss-reactive ketones (excluding diaryl/α,β-unsaturated/α-hetero) is 2. The molecule has 0 fully saturated rings. The van der Waals surface area contributed by atoms with Gasteiger partial charge in [-0.25, -0.2) is 0 Å². The van der Waals surface area contributed by atoms with E-state index in [1.54, 1.807) is 20.3 Å². The third kappa shape index (κ3) is 10.2. The predicted molar refractivity (Wildman–Crippen MR) is 221 cm³/mol. The van der Waals surface area contributed by atoms with Gasteiger partial charge in [-0.15, -0.1) is 0 Å². The summed E-state index contributed by atoms with van der Waals surface area (Å²) in [6, 6.07) is 18.0. The number of carboxylic acids is 1. The van der Waals surface area contributed by atoms with Crippen molar-refractivity contribution in [2.24, 2.45) is 0 Å². The molecule has 0 saturated heterocycles. The summed E-state index contributed by atoms with van der Waals surface area (Å²) >= 11 is -0.522. The van der Waals surface area contributed by atoms with E-state index in [-0.39, 0.29) is 72.9 Å². The number of hydrogen-bond donors (Lipinski definition) is 1. The van der Waals surface area contributed by atoms with Gasteiger partial charge in [0.15, 0.2) is 0 Å². The average molecular weight is 924 g/mol. The molecule has 0 amide bonds. The minimum atomic E-state index is -1.00. The quantitative estimate of drug-likeness (QED) is 0.0267. The molecule has 0 saturated carbocycles. The molecule has 15 heteroatoms. The maximum absolute atomic E-state index is 13.2. The van der Waals surface area contributed by atoms with Crippen LogP contribution in [0.5, 0.6) is 23.0 Å². The fraction of sp³-hybridized carbons (Fsp3) is 0.326. The first-order chi connectivity index (χ1) is 28.0. The summed E-state index contributed by atoms with van der Waals surface area (Å²) in [5.74, 6) is 0.313. The molecule has 58 heavy (non-hydrogen) atoms. The van der Waals surface area contributed by atoms with Gasteiger partial charge in [-0.2, -0.15) is 0 Å². The zero-order valence-electron chi connectivity index (χ0n) is 32.5. The van der Waals surface area contributed by atoms with Gasteiger partial charge in [-0.3, -0.25) is 0 Å². The van der Waals surface area contributed by atoms with Crippen LogP contribution in [0.1, 0.15) is 70.0 Å². The van der Waals surface area contributed by atoms with Crippen molar-refractivity contribution in [3.05, 3.63) is 85.5 Å². The summed E-state index contributed by atoms with van der Waals surface area (Å²) < 4.78 is 37.4. The number of esters is 1. The molecule has 304 valence electrons. The van der Waals surface area contributed by atoms with Gasteiger partial charge in [0.05, 0.1) is 0 Å². The van der Waals surface area contributed by atoms with E-state index in [2.05, 4.69) is 4.90 Å². The number of aliphatic carboxylic acids is 1. The molecule has 3 aromatic carbocycles. The van der Waals surface area contributed by atoms with Crippen molar-refractivity contribution in [3.63, 3.8) is 0 Å². The first kappa shape index (κ1) is 42.3. The van der Waals surface area contributed by atoms with Crippen molar-refractivity contribution < 1.29 is 52.4 Å². The van der Waals surface area contributed by atoms with E-state index in [4.69, 9.17) is 33.2 Å². The summed E-state index contributed by atoms with van der Waals surface area (Å²) in [6.45, 7) is 6.22. The van der Waals surface area contributed by atoms with Crippen LogP contribution in [-0.2, 0) is 20.9 Å². The monoisotopic (exact) mass is 925 g/mol. The van der Waals surface area contributed by atoms with Crippen molar-refractivity contribution in [1.82, 2.24) is 0 Å². The molecule has 3 aromatic heterocycles. The predicted octanol–water partition coefficient (Wildman–Crippen LogP) is 6.68. The first-order valence-electron chi connectivity index (χ1n) is 18.7. The van der Waals surface area contributed by atoms with Crippen molar-refractivity contribution >= 4 is 88.5 Å². The van der Waals surface area contributed by atoms with E-state index in [0.717, 1.165) is 38.1 Å². The Kier molecular flexibility index (Phi) is 14.1. The van der Waals surface area contributed by atoms with E-state index in [1.807, 2.05) is 62.4 Å². The van der Waals surface area contributed by atoms with E-state index in [0.29, 0.717) is 68.0 Å². The summed E-state index contributed by atoms with van der Waals surface area (Å²) in [5, 5.41) is 11.3. The molecular weight excluding hydrogens is 880 g/mol. The third-order valence-electron chi connectivity index (χ3n) is 9.41. The molecule has 0 spiro atoms. The number of carbonyl (C=O) groups is 4. The number of carbonyl (C=O) groups excluding carboxylic acids is 3. The molecule has 0 radical (unpaired) electrons. The van der Waals surface area contributed by atoms with Gasteiger partial charge in [0.2, 0.25) is 0 Å². The molecule has 3 heterocycles. The number of ether oxygens (including phenoxy) is 5. The number of carboxylic acid groups (broad SMARTS) is 1. The Balaban J connectivity index is 1.01. The molecular formula is C43H43NO12Se2. The minimum absolute atomic E-state index is 0.00987.